The van der Waals surface area contributed by atoms with Gasteiger partial charge in [0.1, 0.15) is 17.7 Å². The number of benzene rings is 1. The van der Waals surface area contributed by atoms with Gasteiger partial charge in [-0.05, 0) is 24.3 Å². The molecule has 3 rings (SSSR count). The van der Waals surface area contributed by atoms with Crippen molar-refractivity contribution in [2.45, 2.75) is 19.2 Å². The van der Waals surface area contributed by atoms with Gasteiger partial charge >= 0.3 is 0 Å². The van der Waals surface area contributed by atoms with Gasteiger partial charge < -0.3 is 19.8 Å². The minimum absolute atomic E-state index is 0.168. The molecule has 1 aliphatic rings. The molecule has 0 unspecified atom stereocenters. The highest BCUT2D eigenvalue weighted by molar-refractivity contribution is 5.97. The van der Waals surface area contributed by atoms with Crippen molar-refractivity contribution in [2.75, 3.05) is 20.3 Å². The molecule has 2 heterocycles. The van der Waals surface area contributed by atoms with Crippen LogP contribution in [0.15, 0.2) is 24.3 Å². The van der Waals surface area contributed by atoms with Crippen molar-refractivity contribution < 1.29 is 24.1 Å². The molecule has 24 heavy (non-hydrogen) atoms. The summed E-state index contributed by atoms with van der Waals surface area (Å²) in [6.45, 7) is 0.724. The summed E-state index contributed by atoms with van der Waals surface area (Å²) >= 11 is 0. The Balaban J connectivity index is 1.84. The Kier molecular flexibility index (Phi) is 4.50. The molecule has 128 valence electrons. The van der Waals surface area contributed by atoms with Gasteiger partial charge in [-0.1, -0.05) is 0 Å². The molecule has 0 radical (unpaired) electrons. The van der Waals surface area contributed by atoms with Gasteiger partial charge in [0.2, 0.25) is 0 Å². The maximum Gasteiger partial charge on any atom is 0.258 e. The molecule has 0 saturated heterocycles. The van der Waals surface area contributed by atoms with E-state index < -0.39 is 18.5 Å². The molecule has 8 heteroatoms. The minimum atomic E-state index is -1.05. The van der Waals surface area contributed by atoms with Crippen LogP contribution in [0.25, 0.3) is 0 Å². The fourth-order valence-electron chi connectivity index (χ4n) is 2.74. The summed E-state index contributed by atoms with van der Waals surface area (Å²) < 4.78 is 20.3. The third-order valence-electron chi connectivity index (χ3n) is 4.01. The molecule has 2 aromatic rings. The number of fused-ring (bicyclic) bond motifs is 1. The SMILES string of the molecule is COc1ccc(F)cc1C(=O)N1CCn2nc([C@H](O)CO)cc2C1. The number of rotatable bonds is 4. The number of aliphatic hydroxyl groups excluding tert-OH is 2. The zero-order chi connectivity index (χ0) is 17.3. The van der Waals surface area contributed by atoms with E-state index in [4.69, 9.17) is 9.84 Å². The summed E-state index contributed by atoms with van der Waals surface area (Å²) in [7, 11) is 1.43. The third kappa shape index (κ3) is 2.98. The van der Waals surface area contributed by atoms with Gasteiger partial charge in [0, 0.05) is 6.54 Å². The fourth-order valence-corrected chi connectivity index (χ4v) is 2.74. The number of nitrogens with zero attached hydrogens (tertiary/aromatic N) is 3. The number of hydrogen-bond acceptors (Lipinski definition) is 5. The smallest absolute Gasteiger partial charge is 0.258 e. The number of carbonyl (C=O) groups excluding carboxylic acids is 1. The number of halogens is 1. The van der Waals surface area contributed by atoms with Crippen molar-refractivity contribution in [2.24, 2.45) is 0 Å². The maximum absolute atomic E-state index is 13.5. The molecule has 1 aromatic heterocycles. The van der Waals surface area contributed by atoms with Crippen LogP contribution in [0.1, 0.15) is 27.8 Å². The highest BCUT2D eigenvalue weighted by atomic mass is 19.1. The summed E-state index contributed by atoms with van der Waals surface area (Å²) in [5.74, 6) is -0.519. The molecule has 0 aliphatic carbocycles. The molecule has 2 N–H and O–H groups in total. The number of aliphatic hydroxyl groups is 2. The first-order valence-electron chi connectivity index (χ1n) is 7.52. The van der Waals surface area contributed by atoms with Gasteiger partial charge in [-0.15, -0.1) is 0 Å². The first-order chi connectivity index (χ1) is 11.5. The molecule has 1 amide bonds. The summed E-state index contributed by atoms with van der Waals surface area (Å²) in [5.41, 5.74) is 1.28. The van der Waals surface area contributed by atoms with E-state index in [1.165, 1.54) is 19.2 Å². The standard InChI is InChI=1S/C16H18FN3O4/c1-24-15-3-2-10(17)6-12(15)16(23)19-4-5-20-11(8-19)7-13(18-20)14(22)9-21/h2-3,6-7,14,21-22H,4-5,8-9H2,1H3/t14-/m1/s1. The number of carbonyl (C=O) groups is 1. The lowest BCUT2D eigenvalue weighted by atomic mass is 10.1. The van der Waals surface area contributed by atoms with Crippen LogP contribution in [0.4, 0.5) is 4.39 Å². The predicted molar refractivity (Wildman–Crippen MR) is 82.0 cm³/mol. The number of amides is 1. The van der Waals surface area contributed by atoms with Crippen LogP contribution in [-0.2, 0) is 13.1 Å². The van der Waals surface area contributed by atoms with E-state index in [9.17, 15) is 14.3 Å². The fraction of sp³-hybridized carbons (Fsp3) is 0.375. The second-order valence-corrected chi connectivity index (χ2v) is 5.55. The van der Waals surface area contributed by atoms with Gasteiger partial charge in [-0.25, -0.2) is 4.39 Å². The van der Waals surface area contributed by atoms with Crippen molar-refractivity contribution in [1.82, 2.24) is 14.7 Å². The zero-order valence-corrected chi connectivity index (χ0v) is 13.1. The second-order valence-electron chi connectivity index (χ2n) is 5.55. The van der Waals surface area contributed by atoms with E-state index in [1.807, 2.05) is 0 Å². The highest BCUT2D eigenvalue weighted by Gasteiger charge is 2.26. The average Bonchev–Trinajstić information content (AvgIpc) is 3.03. The Morgan fingerprint density at radius 3 is 2.92 bits per heavy atom. The Hall–Kier alpha value is -2.45. The van der Waals surface area contributed by atoms with Crippen LogP contribution in [0.2, 0.25) is 0 Å². The molecule has 1 atom stereocenters. The van der Waals surface area contributed by atoms with Crippen LogP contribution in [0.3, 0.4) is 0 Å². The van der Waals surface area contributed by atoms with Crippen molar-refractivity contribution in [1.29, 1.82) is 0 Å². The average molecular weight is 335 g/mol. The topological polar surface area (TPSA) is 87.8 Å². The molecule has 1 aromatic carbocycles. The molecular formula is C16H18FN3O4. The van der Waals surface area contributed by atoms with Crippen LogP contribution in [0, 0.1) is 5.82 Å². The first-order valence-corrected chi connectivity index (χ1v) is 7.52. The van der Waals surface area contributed by atoms with Gasteiger partial charge in [-0.2, -0.15) is 5.10 Å². The third-order valence-corrected chi connectivity index (χ3v) is 4.01. The van der Waals surface area contributed by atoms with Crippen LogP contribution in [0.5, 0.6) is 5.75 Å². The largest absolute Gasteiger partial charge is 0.496 e. The Labute approximate surface area is 137 Å². The van der Waals surface area contributed by atoms with Crippen molar-refractivity contribution >= 4 is 5.91 Å². The van der Waals surface area contributed by atoms with Crippen molar-refractivity contribution in [3.05, 3.63) is 47.0 Å². The van der Waals surface area contributed by atoms with Gasteiger partial charge in [0.15, 0.2) is 0 Å². The molecule has 0 bridgehead atoms. The zero-order valence-electron chi connectivity index (χ0n) is 13.1. The minimum Gasteiger partial charge on any atom is -0.496 e. The Morgan fingerprint density at radius 1 is 1.42 bits per heavy atom. The molecule has 1 aliphatic heterocycles. The lowest BCUT2D eigenvalue weighted by Crippen LogP contribution is -2.38. The monoisotopic (exact) mass is 335 g/mol. The maximum atomic E-state index is 13.5. The first kappa shape index (κ1) is 16.4. The summed E-state index contributed by atoms with van der Waals surface area (Å²) in [6.07, 6.45) is -1.05. The summed E-state index contributed by atoms with van der Waals surface area (Å²) in [4.78, 5) is 14.3. The molecule has 0 fully saturated rings. The van der Waals surface area contributed by atoms with E-state index >= 15 is 0 Å². The highest BCUT2D eigenvalue weighted by Crippen LogP contribution is 2.24. The Morgan fingerprint density at radius 2 is 2.21 bits per heavy atom. The normalized spacial score (nSPS) is 15.1. The summed E-state index contributed by atoms with van der Waals surface area (Å²) in [5, 5.41) is 22.9. The lowest BCUT2D eigenvalue weighted by Gasteiger charge is -2.28. The lowest BCUT2D eigenvalue weighted by molar-refractivity contribution is 0.0700. The van der Waals surface area contributed by atoms with E-state index in [0.29, 0.717) is 24.5 Å². The second kappa shape index (κ2) is 6.58. The quantitative estimate of drug-likeness (QED) is 0.859. The van der Waals surface area contributed by atoms with Crippen LogP contribution < -0.4 is 4.74 Å². The van der Waals surface area contributed by atoms with Crippen LogP contribution >= 0.6 is 0 Å². The number of ether oxygens (including phenoxy) is 1. The van der Waals surface area contributed by atoms with Gasteiger partial charge in [0.05, 0.1) is 43.8 Å². The van der Waals surface area contributed by atoms with Crippen molar-refractivity contribution in [3.8, 4) is 5.75 Å². The van der Waals surface area contributed by atoms with Gasteiger partial charge in [0.25, 0.3) is 5.91 Å². The van der Waals surface area contributed by atoms with Crippen molar-refractivity contribution in [3.63, 3.8) is 0 Å². The Bertz CT molecular complexity index is 762. The molecule has 0 spiro atoms. The van der Waals surface area contributed by atoms with E-state index in [0.717, 1.165) is 11.8 Å². The molecule has 7 nitrogen and oxygen atoms in total. The molecule has 0 saturated carbocycles. The van der Waals surface area contributed by atoms with Gasteiger partial charge in [-0.3, -0.25) is 9.48 Å². The number of aromatic nitrogens is 2. The van der Waals surface area contributed by atoms with Crippen LogP contribution in [-0.4, -0.2) is 51.1 Å². The van der Waals surface area contributed by atoms with E-state index in [-0.39, 0.29) is 18.0 Å². The molecular weight excluding hydrogens is 317 g/mol. The van der Waals surface area contributed by atoms with E-state index in [2.05, 4.69) is 5.10 Å². The van der Waals surface area contributed by atoms with E-state index in [1.54, 1.807) is 15.6 Å². The number of methoxy groups -OCH3 is 1. The predicted octanol–water partition coefficient (Wildman–Crippen LogP) is 0.713. The summed E-state index contributed by atoms with van der Waals surface area (Å²) in [6, 6.07) is 5.48. The number of hydrogen-bond donors (Lipinski definition) is 2.